The minimum atomic E-state index is -4.55. The molecule has 1 heterocycles. The van der Waals surface area contributed by atoms with Crippen LogP contribution < -0.4 is 10.6 Å². The van der Waals surface area contributed by atoms with Gasteiger partial charge in [0.25, 0.3) is 0 Å². The van der Waals surface area contributed by atoms with Crippen LogP contribution in [0.25, 0.3) is 0 Å². The van der Waals surface area contributed by atoms with E-state index in [2.05, 4.69) is 52.5 Å². The van der Waals surface area contributed by atoms with Crippen molar-refractivity contribution in [1.29, 1.82) is 0 Å². The number of nitrogens with zero attached hydrogens (tertiary/aromatic N) is 2. The van der Waals surface area contributed by atoms with Crippen LogP contribution in [-0.2, 0) is 6.18 Å². The second-order valence-corrected chi connectivity index (χ2v) is 5.64. The van der Waals surface area contributed by atoms with E-state index in [-0.39, 0.29) is 11.8 Å². The molecule has 0 bridgehead atoms. The Morgan fingerprint density at radius 1 is 1.10 bits per heavy atom. The van der Waals surface area contributed by atoms with Crippen molar-refractivity contribution in [1.82, 2.24) is 9.97 Å². The predicted octanol–water partition coefficient (Wildman–Crippen LogP) is 4.81. The van der Waals surface area contributed by atoms with Gasteiger partial charge in [0.15, 0.2) is 5.69 Å². The fraction of sp³-hybridized carbons (Fsp3) is 0.167. The lowest BCUT2D eigenvalue weighted by Crippen LogP contribution is -2.12. The second-order valence-electron chi connectivity index (χ2n) is 3.93. The largest absolute Gasteiger partial charge is 0.433 e. The average Bonchev–Trinajstić information content (AvgIpc) is 2.42. The van der Waals surface area contributed by atoms with Crippen LogP contribution in [0.2, 0.25) is 0 Å². The Labute approximate surface area is 135 Å². The molecule has 9 heteroatoms. The number of benzene rings is 1. The van der Waals surface area contributed by atoms with Crippen LogP contribution in [0.1, 0.15) is 5.69 Å². The van der Waals surface area contributed by atoms with E-state index in [4.69, 9.17) is 0 Å². The third kappa shape index (κ3) is 3.85. The quantitative estimate of drug-likeness (QED) is 0.741. The van der Waals surface area contributed by atoms with Crippen LogP contribution in [0.3, 0.4) is 0 Å². The maximum absolute atomic E-state index is 12.8. The first kappa shape index (κ1) is 16.0. The van der Waals surface area contributed by atoms with E-state index >= 15 is 0 Å². The monoisotopic (exact) mass is 424 g/mol. The van der Waals surface area contributed by atoms with Crippen molar-refractivity contribution in [3.05, 3.63) is 38.9 Å². The van der Waals surface area contributed by atoms with Crippen molar-refractivity contribution in [2.75, 3.05) is 17.7 Å². The second kappa shape index (κ2) is 6.18. The SMILES string of the molecule is CNc1nc(Nc2c(Br)cccc2Br)cc(C(F)(F)F)n1. The van der Waals surface area contributed by atoms with Gasteiger partial charge in [-0.25, -0.2) is 4.98 Å². The lowest BCUT2D eigenvalue weighted by Gasteiger charge is -2.13. The zero-order chi connectivity index (χ0) is 15.6. The van der Waals surface area contributed by atoms with Gasteiger partial charge in [0, 0.05) is 22.1 Å². The average molecular weight is 426 g/mol. The Bertz CT molecular complexity index is 641. The fourth-order valence-corrected chi connectivity index (χ4v) is 2.71. The number of anilines is 3. The van der Waals surface area contributed by atoms with E-state index in [0.29, 0.717) is 14.6 Å². The van der Waals surface area contributed by atoms with Crippen molar-refractivity contribution in [2.24, 2.45) is 0 Å². The number of aromatic nitrogens is 2. The molecule has 2 aromatic rings. The van der Waals surface area contributed by atoms with Crippen molar-refractivity contribution in [3.8, 4) is 0 Å². The van der Waals surface area contributed by atoms with Gasteiger partial charge in [0.2, 0.25) is 5.95 Å². The predicted molar refractivity (Wildman–Crippen MR) is 81.7 cm³/mol. The number of hydrogen-bond acceptors (Lipinski definition) is 4. The lowest BCUT2D eigenvalue weighted by atomic mass is 10.3. The van der Waals surface area contributed by atoms with E-state index in [9.17, 15) is 13.2 Å². The first-order valence-electron chi connectivity index (χ1n) is 5.66. The Kier molecular flexibility index (Phi) is 4.72. The molecule has 0 unspecified atom stereocenters. The molecule has 0 aliphatic rings. The molecule has 2 N–H and O–H groups in total. The summed E-state index contributed by atoms with van der Waals surface area (Å²) in [6, 6.07) is 6.17. The molecular weight excluding hydrogens is 417 g/mol. The molecule has 0 saturated carbocycles. The molecule has 1 aromatic heterocycles. The molecule has 0 amide bonds. The number of para-hydroxylation sites is 1. The van der Waals surface area contributed by atoms with E-state index in [1.807, 2.05) is 0 Å². The Hall–Kier alpha value is -1.35. The summed E-state index contributed by atoms with van der Waals surface area (Å²) in [5, 5.41) is 5.35. The molecule has 0 spiro atoms. The first-order chi connectivity index (χ1) is 9.81. The highest BCUT2D eigenvalue weighted by atomic mass is 79.9. The van der Waals surface area contributed by atoms with Crippen molar-refractivity contribution in [3.63, 3.8) is 0 Å². The lowest BCUT2D eigenvalue weighted by molar-refractivity contribution is -0.141. The third-order valence-electron chi connectivity index (χ3n) is 2.46. The molecule has 0 saturated heterocycles. The molecule has 2 rings (SSSR count). The molecule has 0 radical (unpaired) electrons. The third-order valence-corrected chi connectivity index (χ3v) is 3.78. The molecule has 0 aliphatic heterocycles. The van der Waals surface area contributed by atoms with Crippen LogP contribution in [-0.4, -0.2) is 17.0 Å². The minimum Gasteiger partial charge on any atom is -0.357 e. The molecule has 4 nitrogen and oxygen atoms in total. The van der Waals surface area contributed by atoms with Crippen LogP contribution >= 0.6 is 31.9 Å². The number of rotatable bonds is 3. The van der Waals surface area contributed by atoms with Crippen LogP contribution in [0.5, 0.6) is 0 Å². The molecule has 112 valence electrons. The van der Waals surface area contributed by atoms with Crippen molar-refractivity contribution >= 4 is 49.3 Å². The Morgan fingerprint density at radius 2 is 1.71 bits per heavy atom. The summed E-state index contributed by atoms with van der Waals surface area (Å²) in [4.78, 5) is 7.37. The van der Waals surface area contributed by atoms with Crippen LogP contribution in [0, 0.1) is 0 Å². The van der Waals surface area contributed by atoms with Gasteiger partial charge in [-0.05, 0) is 44.0 Å². The topological polar surface area (TPSA) is 49.8 Å². The summed E-state index contributed by atoms with van der Waals surface area (Å²) < 4.78 is 39.8. The minimum absolute atomic E-state index is 0.0364. The van der Waals surface area contributed by atoms with Crippen LogP contribution in [0.4, 0.5) is 30.6 Å². The normalized spacial score (nSPS) is 11.3. The van der Waals surface area contributed by atoms with Gasteiger partial charge in [0.1, 0.15) is 5.82 Å². The van der Waals surface area contributed by atoms with Gasteiger partial charge in [-0.1, -0.05) is 6.07 Å². The van der Waals surface area contributed by atoms with Crippen molar-refractivity contribution < 1.29 is 13.2 Å². The molecule has 1 aromatic carbocycles. The van der Waals surface area contributed by atoms with E-state index in [0.717, 1.165) is 6.07 Å². The zero-order valence-electron chi connectivity index (χ0n) is 10.6. The smallest absolute Gasteiger partial charge is 0.357 e. The summed E-state index contributed by atoms with van der Waals surface area (Å²) in [5.41, 5.74) is -0.445. The maximum Gasteiger partial charge on any atom is 0.433 e. The number of alkyl halides is 3. The Morgan fingerprint density at radius 3 is 2.24 bits per heavy atom. The highest BCUT2D eigenvalue weighted by Gasteiger charge is 2.33. The summed E-state index contributed by atoms with van der Waals surface area (Å²) in [6.07, 6.45) is -4.55. The standard InChI is InChI=1S/C12H9Br2F3N4/c1-18-11-19-8(12(15,16)17)5-9(21-11)20-10-6(13)3-2-4-7(10)14/h2-5H,1H3,(H2,18,19,20,21). The highest BCUT2D eigenvalue weighted by Crippen LogP contribution is 2.34. The van der Waals surface area contributed by atoms with Gasteiger partial charge in [0.05, 0.1) is 5.69 Å². The Balaban J connectivity index is 2.45. The van der Waals surface area contributed by atoms with Gasteiger partial charge in [-0.15, -0.1) is 0 Å². The summed E-state index contributed by atoms with van der Waals surface area (Å²) >= 11 is 6.65. The maximum atomic E-state index is 12.8. The van der Waals surface area contributed by atoms with Crippen molar-refractivity contribution in [2.45, 2.75) is 6.18 Å². The zero-order valence-corrected chi connectivity index (χ0v) is 13.8. The van der Waals surface area contributed by atoms with E-state index in [1.165, 1.54) is 7.05 Å². The molecule has 21 heavy (non-hydrogen) atoms. The fourth-order valence-electron chi connectivity index (χ4n) is 1.51. The number of nitrogens with one attached hydrogen (secondary N) is 2. The number of halogens is 5. The van der Waals surface area contributed by atoms with E-state index in [1.54, 1.807) is 18.2 Å². The summed E-state index contributed by atoms with van der Waals surface area (Å²) in [6.45, 7) is 0. The van der Waals surface area contributed by atoms with E-state index < -0.39 is 11.9 Å². The number of hydrogen-bond donors (Lipinski definition) is 2. The molecular formula is C12H9Br2F3N4. The summed E-state index contributed by atoms with van der Waals surface area (Å²) in [7, 11) is 1.45. The van der Waals surface area contributed by atoms with Gasteiger partial charge < -0.3 is 10.6 Å². The highest BCUT2D eigenvalue weighted by molar-refractivity contribution is 9.11. The van der Waals surface area contributed by atoms with Crippen LogP contribution in [0.15, 0.2) is 33.2 Å². The van der Waals surface area contributed by atoms with Gasteiger partial charge in [-0.3, -0.25) is 0 Å². The molecule has 0 atom stereocenters. The molecule has 0 fully saturated rings. The van der Waals surface area contributed by atoms with Gasteiger partial charge in [-0.2, -0.15) is 18.2 Å². The first-order valence-corrected chi connectivity index (χ1v) is 7.25. The van der Waals surface area contributed by atoms with Gasteiger partial charge >= 0.3 is 6.18 Å². The summed E-state index contributed by atoms with van der Waals surface area (Å²) in [5.74, 6) is -0.0789. The molecule has 0 aliphatic carbocycles.